The lowest BCUT2D eigenvalue weighted by Gasteiger charge is -2.62. The number of hydrogen-bond acceptors (Lipinski definition) is 4. The number of furan rings is 1. The van der Waals surface area contributed by atoms with Crippen molar-refractivity contribution in [3.8, 4) is 0 Å². The smallest absolute Gasteiger partial charge is 0.289 e. The second-order valence-corrected chi connectivity index (χ2v) is 9.03. The number of β-lactam (4-membered cyclic amide) rings is 1. The van der Waals surface area contributed by atoms with Gasteiger partial charge in [-0.1, -0.05) is 19.3 Å². The molecule has 0 N–H and O–H groups in total. The van der Waals surface area contributed by atoms with E-state index in [9.17, 15) is 9.59 Å². The first-order valence-corrected chi connectivity index (χ1v) is 11.0. The highest BCUT2D eigenvalue weighted by Gasteiger charge is 2.62. The van der Waals surface area contributed by atoms with Crippen molar-refractivity contribution in [2.24, 2.45) is 5.92 Å². The number of nitrogens with zero attached hydrogens (tertiary/aromatic N) is 2. The summed E-state index contributed by atoms with van der Waals surface area (Å²) in [7, 11) is 0. The van der Waals surface area contributed by atoms with E-state index in [2.05, 4.69) is 4.90 Å². The first-order chi connectivity index (χ1) is 13.7. The zero-order valence-electron chi connectivity index (χ0n) is 16.5. The summed E-state index contributed by atoms with van der Waals surface area (Å²) in [5.41, 5.74) is -0.0813. The Labute approximate surface area is 166 Å². The second-order valence-electron chi connectivity index (χ2n) is 9.03. The van der Waals surface area contributed by atoms with E-state index in [1.807, 2.05) is 4.90 Å². The normalized spacial score (nSPS) is 27.9. The lowest BCUT2D eigenvalue weighted by Crippen LogP contribution is -2.78. The first kappa shape index (κ1) is 18.2. The Balaban J connectivity index is 1.25. The van der Waals surface area contributed by atoms with Crippen LogP contribution in [0.3, 0.4) is 0 Å². The molecule has 152 valence electrons. The molecule has 5 rings (SSSR count). The highest BCUT2D eigenvalue weighted by molar-refractivity contribution is 5.92. The largest absolute Gasteiger partial charge is 0.459 e. The number of amides is 2. The van der Waals surface area contributed by atoms with Crippen molar-refractivity contribution >= 4 is 11.8 Å². The van der Waals surface area contributed by atoms with Crippen molar-refractivity contribution in [3.63, 3.8) is 0 Å². The Hall–Kier alpha value is -1.82. The van der Waals surface area contributed by atoms with Crippen molar-refractivity contribution in [1.82, 2.24) is 9.80 Å². The molecular formula is C22H30N2O4. The molecule has 1 atom stereocenters. The number of likely N-dealkylation sites (tertiary alicyclic amines) is 2. The average Bonchev–Trinajstić information content (AvgIpc) is 3.39. The van der Waals surface area contributed by atoms with Crippen LogP contribution < -0.4 is 0 Å². The second kappa shape index (κ2) is 7.21. The predicted molar refractivity (Wildman–Crippen MR) is 103 cm³/mol. The minimum atomic E-state index is -0.226. The molecule has 1 aromatic heterocycles. The molecule has 2 aliphatic heterocycles. The molecule has 0 bridgehead atoms. The van der Waals surface area contributed by atoms with Gasteiger partial charge in [0.2, 0.25) is 0 Å². The maximum atomic E-state index is 13.1. The van der Waals surface area contributed by atoms with Crippen LogP contribution in [0.15, 0.2) is 22.8 Å². The summed E-state index contributed by atoms with van der Waals surface area (Å²) in [6, 6.07) is 3.69. The fraction of sp³-hybridized carbons (Fsp3) is 0.727. The summed E-state index contributed by atoms with van der Waals surface area (Å²) in [6.45, 7) is 2.11. The van der Waals surface area contributed by atoms with Crippen molar-refractivity contribution in [1.29, 1.82) is 0 Å². The Morgan fingerprint density at radius 2 is 1.89 bits per heavy atom. The van der Waals surface area contributed by atoms with E-state index in [0.717, 1.165) is 32.3 Å². The Bertz CT molecular complexity index is 713. The van der Waals surface area contributed by atoms with Crippen molar-refractivity contribution in [3.05, 3.63) is 24.2 Å². The van der Waals surface area contributed by atoms with Gasteiger partial charge in [-0.05, 0) is 56.6 Å². The van der Waals surface area contributed by atoms with Gasteiger partial charge in [-0.3, -0.25) is 9.59 Å². The Morgan fingerprint density at radius 3 is 2.54 bits per heavy atom. The van der Waals surface area contributed by atoms with Gasteiger partial charge in [0.25, 0.3) is 11.8 Å². The molecule has 2 saturated carbocycles. The van der Waals surface area contributed by atoms with Crippen LogP contribution in [0.2, 0.25) is 0 Å². The van der Waals surface area contributed by atoms with E-state index >= 15 is 0 Å². The summed E-state index contributed by atoms with van der Waals surface area (Å²) in [6.07, 6.45) is 11.3. The third-order valence-electron chi connectivity index (χ3n) is 7.19. The summed E-state index contributed by atoms with van der Waals surface area (Å²) < 4.78 is 11.4. The van der Waals surface area contributed by atoms with Crippen molar-refractivity contribution in [2.45, 2.75) is 75.5 Å². The van der Waals surface area contributed by atoms with E-state index < -0.39 is 0 Å². The van der Waals surface area contributed by atoms with Crippen LogP contribution in [0, 0.1) is 5.92 Å². The van der Waals surface area contributed by atoms with E-state index in [0.29, 0.717) is 24.8 Å². The minimum Gasteiger partial charge on any atom is -0.459 e. The first-order valence-electron chi connectivity index (χ1n) is 11.0. The van der Waals surface area contributed by atoms with Crippen molar-refractivity contribution < 1.29 is 18.7 Å². The third-order valence-corrected chi connectivity index (χ3v) is 7.19. The molecule has 4 fully saturated rings. The van der Waals surface area contributed by atoms with Crippen LogP contribution in [0.4, 0.5) is 0 Å². The summed E-state index contributed by atoms with van der Waals surface area (Å²) in [5.74, 6) is 1.23. The monoisotopic (exact) mass is 386 g/mol. The van der Waals surface area contributed by atoms with E-state index in [1.54, 1.807) is 12.1 Å². The molecule has 1 aromatic rings. The average molecular weight is 386 g/mol. The lowest BCUT2D eigenvalue weighted by molar-refractivity contribution is -0.211. The number of piperidine rings is 1. The van der Waals surface area contributed by atoms with E-state index in [1.165, 1.54) is 38.4 Å². The van der Waals surface area contributed by atoms with Crippen LogP contribution in [-0.2, 0) is 9.53 Å². The molecular weight excluding hydrogens is 356 g/mol. The molecule has 28 heavy (non-hydrogen) atoms. The minimum absolute atomic E-state index is 0.0450. The number of carbonyl (C=O) groups is 2. The van der Waals surface area contributed by atoms with E-state index in [-0.39, 0.29) is 29.5 Å². The molecule has 0 aromatic carbocycles. The van der Waals surface area contributed by atoms with Crippen LogP contribution in [0.5, 0.6) is 0 Å². The highest BCUT2D eigenvalue weighted by atomic mass is 16.5. The lowest BCUT2D eigenvalue weighted by atomic mass is 9.68. The number of carbonyl (C=O) groups excluding carboxylic acids is 2. The molecule has 4 aliphatic rings. The zero-order valence-corrected chi connectivity index (χ0v) is 16.5. The molecule has 1 spiro atoms. The van der Waals surface area contributed by atoms with Gasteiger partial charge in [0.1, 0.15) is 0 Å². The van der Waals surface area contributed by atoms with Gasteiger partial charge in [0.15, 0.2) is 11.9 Å². The Kier molecular flexibility index (Phi) is 4.69. The topological polar surface area (TPSA) is 63.0 Å². The molecule has 0 radical (unpaired) electrons. The van der Waals surface area contributed by atoms with Gasteiger partial charge < -0.3 is 19.0 Å². The molecule has 6 nitrogen and oxygen atoms in total. The van der Waals surface area contributed by atoms with E-state index in [4.69, 9.17) is 9.15 Å². The maximum absolute atomic E-state index is 13.1. The number of rotatable bonds is 5. The van der Waals surface area contributed by atoms with Gasteiger partial charge in [0, 0.05) is 19.1 Å². The third kappa shape index (κ3) is 3.06. The fourth-order valence-electron chi connectivity index (χ4n) is 5.47. The standard InChI is InChI=1S/C22H30N2O4/c25-20(18-5-4-14-27-18)23-12-8-17(9-13-23)24-21(26)19(28-15-16-6-7-16)22(24)10-2-1-3-11-22/h4-5,14,16-17,19H,1-3,6-13,15H2. The molecule has 2 saturated heterocycles. The molecule has 2 amide bonds. The van der Waals surface area contributed by atoms with Gasteiger partial charge in [-0.2, -0.15) is 0 Å². The quantitative estimate of drug-likeness (QED) is 0.729. The molecule has 3 heterocycles. The SMILES string of the molecule is O=C(c1ccco1)N1CCC(N2C(=O)C(OCC3CC3)C23CCCCC3)CC1. The summed E-state index contributed by atoms with van der Waals surface area (Å²) in [5, 5.41) is 0. The zero-order chi connectivity index (χ0) is 19.1. The van der Waals surface area contributed by atoms with Crippen LogP contribution >= 0.6 is 0 Å². The molecule has 2 aliphatic carbocycles. The molecule has 6 heteroatoms. The predicted octanol–water partition coefficient (Wildman–Crippen LogP) is 3.22. The summed E-state index contributed by atoms with van der Waals surface area (Å²) >= 11 is 0. The van der Waals surface area contributed by atoms with Gasteiger partial charge in [-0.25, -0.2) is 0 Å². The Morgan fingerprint density at radius 1 is 1.14 bits per heavy atom. The number of ether oxygens (including phenoxy) is 1. The van der Waals surface area contributed by atoms with Crippen LogP contribution in [0.25, 0.3) is 0 Å². The fourth-order valence-corrected chi connectivity index (χ4v) is 5.47. The van der Waals surface area contributed by atoms with Crippen LogP contribution in [0.1, 0.15) is 68.3 Å². The van der Waals surface area contributed by atoms with Gasteiger partial charge in [-0.15, -0.1) is 0 Å². The van der Waals surface area contributed by atoms with Gasteiger partial charge >= 0.3 is 0 Å². The maximum Gasteiger partial charge on any atom is 0.289 e. The summed E-state index contributed by atoms with van der Waals surface area (Å²) in [4.78, 5) is 29.6. The number of hydrogen-bond donors (Lipinski definition) is 0. The highest BCUT2D eigenvalue weighted by Crippen LogP contribution is 2.48. The van der Waals surface area contributed by atoms with Gasteiger partial charge in [0.05, 0.1) is 18.4 Å². The van der Waals surface area contributed by atoms with Crippen molar-refractivity contribution in [2.75, 3.05) is 19.7 Å². The molecule has 1 unspecified atom stereocenters. The van der Waals surface area contributed by atoms with Crippen LogP contribution in [-0.4, -0.2) is 59.0 Å².